The van der Waals surface area contributed by atoms with Crippen molar-refractivity contribution < 1.29 is 9.18 Å². The van der Waals surface area contributed by atoms with Gasteiger partial charge in [0.2, 0.25) is 5.91 Å². The van der Waals surface area contributed by atoms with Crippen molar-refractivity contribution in [2.45, 2.75) is 45.3 Å². The molecule has 15 heavy (non-hydrogen) atoms. The number of hydrogen-bond acceptors (Lipinski definition) is 2. The first-order valence-electron chi connectivity index (χ1n) is 5.61. The third-order valence-corrected chi connectivity index (χ3v) is 2.93. The van der Waals surface area contributed by atoms with Crippen LogP contribution >= 0.6 is 0 Å². The lowest BCUT2D eigenvalue weighted by Crippen LogP contribution is -2.49. The van der Waals surface area contributed by atoms with Gasteiger partial charge < -0.3 is 10.2 Å². The van der Waals surface area contributed by atoms with E-state index in [1.54, 1.807) is 4.90 Å². The summed E-state index contributed by atoms with van der Waals surface area (Å²) in [5, 5.41) is 3.12. The molecule has 0 aliphatic carbocycles. The van der Waals surface area contributed by atoms with E-state index in [4.69, 9.17) is 0 Å². The molecule has 0 radical (unpaired) electrons. The highest BCUT2D eigenvalue weighted by Crippen LogP contribution is 2.25. The van der Waals surface area contributed by atoms with Crippen LogP contribution in [0.4, 0.5) is 4.39 Å². The topological polar surface area (TPSA) is 32.3 Å². The zero-order chi connectivity index (χ0) is 11.5. The second-order valence-corrected chi connectivity index (χ2v) is 4.69. The van der Waals surface area contributed by atoms with Crippen molar-refractivity contribution in [1.82, 2.24) is 10.2 Å². The number of carbonyl (C=O) groups excluding carboxylic acids is 1. The van der Waals surface area contributed by atoms with Crippen LogP contribution in [0.3, 0.4) is 0 Å². The molecule has 0 unspecified atom stereocenters. The van der Waals surface area contributed by atoms with Gasteiger partial charge in [0, 0.05) is 45.4 Å². The lowest BCUT2D eigenvalue weighted by atomic mass is 9.93. The summed E-state index contributed by atoms with van der Waals surface area (Å²) in [6.07, 6.45) is 0.901. The van der Waals surface area contributed by atoms with Gasteiger partial charge in [0.1, 0.15) is 5.67 Å². The van der Waals surface area contributed by atoms with E-state index in [1.165, 1.54) is 6.92 Å². The van der Waals surface area contributed by atoms with E-state index in [1.807, 2.05) is 13.8 Å². The van der Waals surface area contributed by atoms with E-state index in [0.717, 1.165) is 0 Å². The molecule has 3 nitrogen and oxygen atoms in total. The van der Waals surface area contributed by atoms with Gasteiger partial charge in [0.15, 0.2) is 0 Å². The average molecular weight is 216 g/mol. The highest BCUT2D eigenvalue weighted by Gasteiger charge is 2.34. The molecule has 0 atom stereocenters. The van der Waals surface area contributed by atoms with Crippen LogP contribution in [0.1, 0.15) is 33.6 Å². The molecule has 0 aromatic carbocycles. The van der Waals surface area contributed by atoms with Crippen molar-refractivity contribution in [1.29, 1.82) is 0 Å². The smallest absolute Gasteiger partial charge is 0.219 e. The summed E-state index contributed by atoms with van der Waals surface area (Å²) in [5.41, 5.74) is -1.13. The molecular formula is C11H21FN2O. The Hall–Kier alpha value is -0.640. The number of amides is 1. The Labute approximate surface area is 91.0 Å². The number of nitrogens with one attached hydrogen (secondary N) is 1. The highest BCUT2D eigenvalue weighted by atomic mass is 19.1. The van der Waals surface area contributed by atoms with Crippen molar-refractivity contribution in [3.8, 4) is 0 Å². The summed E-state index contributed by atoms with van der Waals surface area (Å²) in [6.45, 7) is 7.05. The quantitative estimate of drug-likeness (QED) is 0.772. The van der Waals surface area contributed by atoms with Crippen molar-refractivity contribution in [2.24, 2.45) is 0 Å². The fourth-order valence-electron chi connectivity index (χ4n) is 1.79. The minimum Gasteiger partial charge on any atom is -0.343 e. The number of alkyl halides is 1. The van der Waals surface area contributed by atoms with Crippen molar-refractivity contribution in [3.05, 3.63) is 0 Å². The summed E-state index contributed by atoms with van der Waals surface area (Å²) in [7, 11) is 0. The first-order valence-corrected chi connectivity index (χ1v) is 5.61. The largest absolute Gasteiger partial charge is 0.343 e. The fourth-order valence-corrected chi connectivity index (χ4v) is 1.79. The van der Waals surface area contributed by atoms with Crippen molar-refractivity contribution >= 4 is 5.91 Å². The van der Waals surface area contributed by atoms with E-state index in [0.29, 0.717) is 38.5 Å². The zero-order valence-electron chi connectivity index (χ0n) is 9.85. The third kappa shape index (κ3) is 3.78. The third-order valence-electron chi connectivity index (χ3n) is 2.93. The number of nitrogens with zero attached hydrogens (tertiary/aromatic N) is 1. The van der Waals surface area contributed by atoms with E-state index >= 15 is 0 Å². The number of piperidine rings is 1. The van der Waals surface area contributed by atoms with Gasteiger partial charge in [-0.3, -0.25) is 4.79 Å². The monoisotopic (exact) mass is 216 g/mol. The maximum Gasteiger partial charge on any atom is 0.219 e. The Morgan fingerprint density at radius 1 is 1.47 bits per heavy atom. The molecular weight excluding hydrogens is 195 g/mol. The SMILES string of the molecule is CC(=O)N1CCC(F)(CNC(C)C)CC1. The Morgan fingerprint density at radius 3 is 2.40 bits per heavy atom. The molecule has 1 heterocycles. The van der Waals surface area contributed by atoms with Gasteiger partial charge in [-0.05, 0) is 0 Å². The maximum absolute atomic E-state index is 14.2. The zero-order valence-corrected chi connectivity index (χ0v) is 9.85. The molecule has 0 aromatic heterocycles. The van der Waals surface area contributed by atoms with Crippen LogP contribution in [-0.2, 0) is 4.79 Å². The van der Waals surface area contributed by atoms with Crippen LogP contribution in [0.15, 0.2) is 0 Å². The van der Waals surface area contributed by atoms with Crippen molar-refractivity contribution in [2.75, 3.05) is 19.6 Å². The number of hydrogen-bond donors (Lipinski definition) is 1. The van der Waals surface area contributed by atoms with Gasteiger partial charge in [-0.1, -0.05) is 13.8 Å². The predicted octanol–water partition coefficient (Wildman–Crippen LogP) is 1.33. The summed E-state index contributed by atoms with van der Waals surface area (Å²) in [5.74, 6) is 0.0499. The first kappa shape index (κ1) is 12.4. The standard InChI is InChI=1S/C11H21FN2O/c1-9(2)13-8-11(12)4-6-14(7-5-11)10(3)15/h9,13H,4-8H2,1-3H3. The molecule has 1 N–H and O–H groups in total. The minimum absolute atomic E-state index is 0.0499. The number of carbonyl (C=O) groups is 1. The van der Waals surface area contributed by atoms with Crippen LogP contribution in [0.2, 0.25) is 0 Å². The van der Waals surface area contributed by atoms with Crippen LogP contribution in [-0.4, -0.2) is 42.2 Å². The van der Waals surface area contributed by atoms with Crippen LogP contribution < -0.4 is 5.32 Å². The predicted molar refractivity (Wildman–Crippen MR) is 58.5 cm³/mol. The fraction of sp³-hybridized carbons (Fsp3) is 0.909. The van der Waals surface area contributed by atoms with Crippen LogP contribution in [0.25, 0.3) is 0 Å². The van der Waals surface area contributed by atoms with Gasteiger partial charge in [-0.25, -0.2) is 4.39 Å². The molecule has 1 amide bonds. The molecule has 1 fully saturated rings. The molecule has 88 valence electrons. The average Bonchev–Trinajstić information content (AvgIpc) is 2.16. The summed E-state index contributed by atoms with van der Waals surface area (Å²) in [6, 6.07) is 0.309. The Balaban J connectivity index is 2.37. The number of likely N-dealkylation sites (tertiary alicyclic amines) is 1. The van der Waals surface area contributed by atoms with Gasteiger partial charge in [-0.2, -0.15) is 0 Å². The molecule has 1 aliphatic rings. The van der Waals surface area contributed by atoms with Crippen LogP contribution in [0, 0.1) is 0 Å². The number of rotatable bonds is 3. The molecule has 1 aliphatic heterocycles. The molecule has 0 spiro atoms. The van der Waals surface area contributed by atoms with E-state index < -0.39 is 5.67 Å². The van der Waals surface area contributed by atoms with E-state index in [-0.39, 0.29) is 5.91 Å². The lowest BCUT2D eigenvalue weighted by molar-refractivity contribution is -0.131. The molecule has 0 saturated carbocycles. The van der Waals surface area contributed by atoms with Gasteiger partial charge in [0.05, 0.1) is 0 Å². The second kappa shape index (κ2) is 4.92. The lowest BCUT2D eigenvalue weighted by Gasteiger charge is -2.36. The van der Waals surface area contributed by atoms with Crippen LogP contribution in [0.5, 0.6) is 0 Å². The summed E-state index contributed by atoms with van der Waals surface area (Å²) in [4.78, 5) is 12.8. The van der Waals surface area contributed by atoms with Gasteiger partial charge in [0.25, 0.3) is 0 Å². The summed E-state index contributed by atoms with van der Waals surface area (Å²) >= 11 is 0. The van der Waals surface area contributed by atoms with E-state index in [2.05, 4.69) is 5.32 Å². The maximum atomic E-state index is 14.2. The number of halogens is 1. The molecule has 0 bridgehead atoms. The van der Waals surface area contributed by atoms with Gasteiger partial charge >= 0.3 is 0 Å². The van der Waals surface area contributed by atoms with Crippen molar-refractivity contribution in [3.63, 3.8) is 0 Å². The normalized spacial score (nSPS) is 20.7. The Kier molecular flexibility index (Phi) is 4.08. The Morgan fingerprint density at radius 2 is 2.00 bits per heavy atom. The van der Waals surface area contributed by atoms with E-state index in [9.17, 15) is 9.18 Å². The highest BCUT2D eigenvalue weighted by molar-refractivity contribution is 5.73. The minimum atomic E-state index is -1.13. The Bertz CT molecular complexity index is 223. The molecule has 1 rings (SSSR count). The van der Waals surface area contributed by atoms with Gasteiger partial charge in [-0.15, -0.1) is 0 Å². The summed E-state index contributed by atoms with van der Waals surface area (Å²) < 4.78 is 14.2. The second-order valence-electron chi connectivity index (χ2n) is 4.69. The first-order chi connectivity index (χ1) is 6.93. The molecule has 4 heteroatoms. The molecule has 0 aromatic rings. The molecule has 1 saturated heterocycles.